The van der Waals surface area contributed by atoms with Crippen LogP contribution in [0, 0.1) is 0 Å². The SMILES string of the molecule is O/C=C/OC(O)C(O)(C(F)(F)F)C(F)(F)F. The normalized spacial score (nSPS) is 16.5. The third-order valence-corrected chi connectivity index (χ3v) is 1.49. The van der Waals surface area contributed by atoms with Gasteiger partial charge in [-0.2, -0.15) is 26.3 Å². The molecule has 96 valence electrons. The molecule has 0 aromatic carbocycles. The Balaban J connectivity index is 5.26. The van der Waals surface area contributed by atoms with Crippen LogP contribution in [0.15, 0.2) is 12.5 Å². The van der Waals surface area contributed by atoms with Gasteiger partial charge in [-0.15, -0.1) is 0 Å². The number of hydrogen-bond donors (Lipinski definition) is 3. The van der Waals surface area contributed by atoms with E-state index in [1.807, 2.05) is 0 Å². The highest BCUT2D eigenvalue weighted by molar-refractivity contribution is 4.97. The minimum absolute atomic E-state index is 0.0485. The van der Waals surface area contributed by atoms with Gasteiger partial charge >= 0.3 is 18.0 Å². The van der Waals surface area contributed by atoms with Crippen LogP contribution in [0.1, 0.15) is 0 Å². The average Bonchev–Trinajstić information content (AvgIpc) is 2.08. The molecule has 1 atom stereocenters. The largest absolute Gasteiger partial charge is 0.512 e. The van der Waals surface area contributed by atoms with E-state index in [9.17, 15) is 26.3 Å². The van der Waals surface area contributed by atoms with Crippen LogP contribution < -0.4 is 0 Å². The van der Waals surface area contributed by atoms with Crippen LogP contribution >= 0.6 is 0 Å². The summed E-state index contributed by atoms with van der Waals surface area (Å²) in [5, 5.41) is 24.9. The first-order chi connectivity index (χ1) is 6.98. The zero-order valence-electron chi connectivity index (χ0n) is 7.25. The highest BCUT2D eigenvalue weighted by Crippen LogP contribution is 2.45. The standard InChI is InChI=1S/C6H6F6O4/c7-5(8,9)4(15,6(10,11)12)3(14)16-2-1-13/h1-3,13-15H/b2-1+. The Morgan fingerprint density at radius 3 is 1.62 bits per heavy atom. The molecule has 0 spiro atoms. The molecule has 0 amide bonds. The van der Waals surface area contributed by atoms with E-state index in [1.165, 1.54) is 0 Å². The summed E-state index contributed by atoms with van der Waals surface area (Å²) in [4.78, 5) is 0. The summed E-state index contributed by atoms with van der Waals surface area (Å²) < 4.78 is 75.3. The minimum Gasteiger partial charge on any atom is -0.512 e. The summed E-state index contributed by atoms with van der Waals surface area (Å²) in [6.07, 6.45) is -16.2. The smallest absolute Gasteiger partial charge is 0.432 e. The predicted molar refractivity (Wildman–Crippen MR) is 35.9 cm³/mol. The fourth-order valence-corrected chi connectivity index (χ4v) is 0.649. The summed E-state index contributed by atoms with van der Waals surface area (Å²) >= 11 is 0. The van der Waals surface area contributed by atoms with Crippen LogP contribution in [0.25, 0.3) is 0 Å². The number of aliphatic hydroxyl groups excluding tert-OH is 2. The fraction of sp³-hybridized carbons (Fsp3) is 0.667. The summed E-state index contributed by atoms with van der Waals surface area (Å²) in [6.45, 7) is 0. The van der Waals surface area contributed by atoms with Gasteiger partial charge in [-0.05, 0) is 0 Å². The second-order valence-corrected chi connectivity index (χ2v) is 2.54. The number of halogens is 6. The highest BCUT2D eigenvalue weighted by Gasteiger charge is 2.75. The van der Waals surface area contributed by atoms with Gasteiger partial charge in [0.1, 0.15) is 12.5 Å². The second-order valence-electron chi connectivity index (χ2n) is 2.54. The third kappa shape index (κ3) is 2.50. The molecule has 0 heterocycles. The van der Waals surface area contributed by atoms with Crippen molar-refractivity contribution in [1.29, 1.82) is 0 Å². The lowest BCUT2D eigenvalue weighted by Crippen LogP contribution is -2.64. The van der Waals surface area contributed by atoms with Gasteiger partial charge in [0.15, 0.2) is 0 Å². The van der Waals surface area contributed by atoms with Gasteiger partial charge in [0.2, 0.25) is 6.29 Å². The Kier molecular flexibility index (Phi) is 4.06. The lowest BCUT2D eigenvalue weighted by molar-refractivity contribution is -0.416. The van der Waals surface area contributed by atoms with Gasteiger partial charge in [0.05, 0.1) is 0 Å². The van der Waals surface area contributed by atoms with Crippen molar-refractivity contribution in [2.45, 2.75) is 24.2 Å². The van der Waals surface area contributed by atoms with E-state index in [0.717, 1.165) is 0 Å². The number of hydrogen-bond acceptors (Lipinski definition) is 4. The molecule has 0 bridgehead atoms. The monoisotopic (exact) mass is 256 g/mol. The van der Waals surface area contributed by atoms with E-state index in [4.69, 9.17) is 15.3 Å². The van der Waals surface area contributed by atoms with Crippen LogP contribution in [0.4, 0.5) is 26.3 Å². The van der Waals surface area contributed by atoms with Crippen LogP contribution in [0.5, 0.6) is 0 Å². The lowest BCUT2D eigenvalue weighted by atomic mass is 10.0. The fourth-order valence-electron chi connectivity index (χ4n) is 0.649. The van der Waals surface area contributed by atoms with Gasteiger partial charge in [-0.3, -0.25) is 0 Å². The molecule has 0 aromatic rings. The molecule has 0 aliphatic carbocycles. The van der Waals surface area contributed by atoms with Crippen LogP contribution in [0.2, 0.25) is 0 Å². The molecule has 0 fully saturated rings. The summed E-state index contributed by atoms with van der Waals surface area (Å²) in [5.41, 5.74) is -5.44. The van der Waals surface area contributed by atoms with Crippen LogP contribution in [-0.2, 0) is 4.74 Å². The van der Waals surface area contributed by atoms with Gasteiger partial charge in [0.25, 0.3) is 0 Å². The molecule has 10 heteroatoms. The Labute approximate surface area is 84.4 Å². The number of ether oxygens (including phenoxy) is 1. The second kappa shape index (κ2) is 4.37. The maximum absolute atomic E-state index is 12.0. The molecule has 3 N–H and O–H groups in total. The van der Waals surface area contributed by atoms with Gasteiger partial charge in [-0.25, -0.2) is 0 Å². The average molecular weight is 256 g/mol. The molecule has 0 aromatic heterocycles. The maximum atomic E-state index is 12.0. The molecule has 0 rings (SSSR count). The van der Waals surface area contributed by atoms with Gasteiger partial charge < -0.3 is 20.1 Å². The topological polar surface area (TPSA) is 69.9 Å². The van der Waals surface area contributed by atoms with Crippen molar-refractivity contribution in [3.63, 3.8) is 0 Å². The predicted octanol–water partition coefficient (Wildman–Crippen LogP) is 1.21. The summed E-state index contributed by atoms with van der Waals surface area (Å²) in [6, 6.07) is 0. The van der Waals surface area contributed by atoms with Gasteiger partial charge in [-0.1, -0.05) is 0 Å². The first-order valence-corrected chi connectivity index (χ1v) is 3.47. The van der Waals surface area contributed by atoms with E-state index in [-0.39, 0.29) is 12.5 Å². The first kappa shape index (κ1) is 14.8. The van der Waals surface area contributed by atoms with Crippen molar-refractivity contribution < 1.29 is 46.4 Å². The highest BCUT2D eigenvalue weighted by atomic mass is 19.4. The molecule has 0 aliphatic rings. The molecule has 0 saturated heterocycles. The third-order valence-electron chi connectivity index (χ3n) is 1.49. The van der Waals surface area contributed by atoms with Crippen LogP contribution in [0.3, 0.4) is 0 Å². The number of aliphatic hydroxyl groups is 3. The Bertz CT molecular complexity index is 243. The van der Waals surface area contributed by atoms with E-state index in [2.05, 4.69) is 4.74 Å². The molecule has 0 saturated carbocycles. The van der Waals surface area contributed by atoms with E-state index >= 15 is 0 Å². The summed E-state index contributed by atoms with van der Waals surface area (Å²) in [5.74, 6) is 0. The van der Waals surface area contributed by atoms with Crippen molar-refractivity contribution in [1.82, 2.24) is 0 Å². The quantitative estimate of drug-likeness (QED) is 0.403. The molecule has 4 nitrogen and oxygen atoms in total. The van der Waals surface area contributed by atoms with E-state index < -0.39 is 24.2 Å². The zero-order valence-corrected chi connectivity index (χ0v) is 7.25. The first-order valence-electron chi connectivity index (χ1n) is 3.47. The minimum atomic E-state index is -6.20. The van der Waals surface area contributed by atoms with Crippen LogP contribution in [-0.4, -0.2) is 39.6 Å². The number of rotatable bonds is 3. The lowest BCUT2D eigenvalue weighted by Gasteiger charge is -2.34. The Hall–Kier alpha value is -1.16. The Morgan fingerprint density at radius 1 is 1.00 bits per heavy atom. The van der Waals surface area contributed by atoms with Gasteiger partial charge in [0, 0.05) is 0 Å². The van der Waals surface area contributed by atoms with Crippen molar-refractivity contribution in [2.24, 2.45) is 0 Å². The molecular formula is C6H6F6O4. The van der Waals surface area contributed by atoms with Crippen molar-refractivity contribution in [3.05, 3.63) is 12.5 Å². The van der Waals surface area contributed by atoms with E-state index in [0.29, 0.717) is 0 Å². The zero-order chi connectivity index (χ0) is 13.2. The molecule has 16 heavy (non-hydrogen) atoms. The summed E-state index contributed by atoms with van der Waals surface area (Å²) in [7, 11) is 0. The molecule has 0 radical (unpaired) electrons. The molecule has 0 aliphatic heterocycles. The Morgan fingerprint density at radius 2 is 1.38 bits per heavy atom. The van der Waals surface area contributed by atoms with Crippen molar-refractivity contribution in [3.8, 4) is 0 Å². The maximum Gasteiger partial charge on any atom is 0.432 e. The van der Waals surface area contributed by atoms with E-state index in [1.54, 1.807) is 0 Å². The number of alkyl halides is 6. The molecular weight excluding hydrogens is 250 g/mol. The van der Waals surface area contributed by atoms with Crippen molar-refractivity contribution in [2.75, 3.05) is 0 Å². The van der Waals surface area contributed by atoms with Crippen molar-refractivity contribution >= 4 is 0 Å². The molecule has 1 unspecified atom stereocenters.